The first-order valence-corrected chi connectivity index (χ1v) is 9.74. The molecule has 1 fully saturated rings. The number of halogens is 2. The van der Waals surface area contributed by atoms with E-state index in [1.54, 1.807) is 16.6 Å². The lowest BCUT2D eigenvalue weighted by Gasteiger charge is -2.42. The second-order valence-corrected chi connectivity index (χ2v) is 7.80. The van der Waals surface area contributed by atoms with Crippen molar-refractivity contribution in [3.05, 3.63) is 52.9 Å². The van der Waals surface area contributed by atoms with Crippen LogP contribution in [0.2, 0.25) is 0 Å². The molecule has 1 N–H and O–H groups in total. The second kappa shape index (κ2) is 8.39. The number of rotatable bonds is 6. The molecule has 3 rings (SSSR count). The summed E-state index contributed by atoms with van der Waals surface area (Å²) in [6.45, 7) is 2.80. The van der Waals surface area contributed by atoms with E-state index in [2.05, 4.69) is 12.0 Å². The Labute approximate surface area is 164 Å². The predicted octanol–water partition coefficient (Wildman–Crippen LogP) is 3.11. The van der Waals surface area contributed by atoms with Gasteiger partial charge < -0.3 is 10.0 Å². The molecule has 5 nitrogen and oxygen atoms in total. The number of carbonyl (C=O) groups is 1. The Morgan fingerprint density at radius 1 is 1.32 bits per heavy atom. The summed E-state index contributed by atoms with van der Waals surface area (Å²) in [5.41, 5.74) is 1.12. The zero-order valence-corrected chi connectivity index (χ0v) is 16.4. The minimum Gasteiger partial charge on any atom is -0.396 e. The molecule has 7 heteroatoms. The molecule has 2 aromatic rings. The van der Waals surface area contributed by atoms with Gasteiger partial charge in [0.15, 0.2) is 0 Å². The first-order valence-electron chi connectivity index (χ1n) is 9.74. The van der Waals surface area contributed by atoms with Crippen LogP contribution in [-0.4, -0.2) is 45.4 Å². The van der Waals surface area contributed by atoms with Crippen LogP contribution in [0.1, 0.15) is 47.9 Å². The molecule has 0 saturated carbocycles. The van der Waals surface area contributed by atoms with Crippen LogP contribution in [0.5, 0.6) is 0 Å². The second-order valence-electron chi connectivity index (χ2n) is 7.80. The van der Waals surface area contributed by atoms with E-state index in [4.69, 9.17) is 0 Å². The molecular weight excluding hydrogens is 364 g/mol. The van der Waals surface area contributed by atoms with Crippen molar-refractivity contribution in [2.75, 3.05) is 19.7 Å². The van der Waals surface area contributed by atoms with E-state index in [1.165, 1.54) is 12.1 Å². The Kier molecular flexibility index (Phi) is 6.13. The topological polar surface area (TPSA) is 58.4 Å². The molecule has 1 amide bonds. The average molecular weight is 391 g/mol. The van der Waals surface area contributed by atoms with E-state index in [0.29, 0.717) is 30.8 Å². The highest BCUT2D eigenvalue weighted by Crippen LogP contribution is 2.34. The number of hydrogen-bond acceptors (Lipinski definition) is 3. The minimum absolute atomic E-state index is 0.130. The van der Waals surface area contributed by atoms with Crippen molar-refractivity contribution in [2.24, 2.45) is 12.5 Å². The summed E-state index contributed by atoms with van der Waals surface area (Å²) in [5.74, 6) is -1.37. The van der Waals surface area contributed by atoms with Gasteiger partial charge in [-0.3, -0.25) is 9.48 Å². The van der Waals surface area contributed by atoms with Gasteiger partial charge >= 0.3 is 0 Å². The summed E-state index contributed by atoms with van der Waals surface area (Å²) in [7, 11) is 1.75. The van der Waals surface area contributed by atoms with Gasteiger partial charge in [-0.15, -0.1) is 0 Å². The van der Waals surface area contributed by atoms with E-state index in [9.17, 15) is 18.7 Å². The first kappa shape index (κ1) is 20.5. The van der Waals surface area contributed by atoms with Gasteiger partial charge in [0, 0.05) is 31.6 Å². The summed E-state index contributed by atoms with van der Waals surface area (Å²) >= 11 is 0. The van der Waals surface area contributed by atoms with Crippen molar-refractivity contribution in [2.45, 2.75) is 39.0 Å². The number of hydrogen-bond donors (Lipinski definition) is 1. The predicted molar refractivity (Wildman–Crippen MR) is 102 cm³/mol. The Balaban J connectivity index is 1.80. The zero-order valence-electron chi connectivity index (χ0n) is 16.4. The highest BCUT2D eigenvalue weighted by Gasteiger charge is 2.38. The van der Waals surface area contributed by atoms with Crippen molar-refractivity contribution >= 4 is 5.91 Å². The molecule has 152 valence electrons. The molecule has 1 aromatic heterocycles. The Hall–Kier alpha value is -2.28. The summed E-state index contributed by atoms with van der Waals surface area (Å²) in [5, 5.41) is 14.5. The van der Waals surface area contributed by atoms with E-state index < -0.39 is 17.0 Å². The van der Waals surface area contributed by atoms with Crippen LogP contribution in [0, 0.1) is 17.0 Å². The van der Waals surface area contributed by atoms with Crippen molar-refractivity contribution in [1.82, 2.24) is 14.7 Å². The number of aliphatic hydroxyl groups is 1. The van der Waals surface area contributed by atoms with E-state index >= 15 is 0 Å². The number of piperidine rings is 1. The summed E-state index contributed by atoms with van der Waals surface area (Å²) in [4.78, 5) is 14.8. The molecule has 1 aliphatic rings. The minimum atomic E-state index is -0.641. The molecule has 1 atom stereocenters. The SMILES string of the molecule is CCCc1cc(C(=O)N2CCC[C@](CO)(Cc3ccc(F)cc3F)C2)n(C)n1. The number of likely N-dealkylation sites (tertiary alicyclic amines) is 1. The molecule has 0 radical (unpaired) electrons. The molecule has 1 aromatic carbocycles. The fourth-order valence-electron chi connectivity index (χ4n) is 4.05. The number of amides is 1. The number of aliphatic hydroxyl groups excluding tert-OH is 1. The fraction of sp³-hybridized carbons (Fsp3) is 0.524. The number of aryl methyl sites for hydroxylation is 2. The lowest BCUT2D eigenvalue weighted by Crippen LogP contribution is -2.49. The normalized spacial score (nSPS) is 19.8. The van der Waals surface area contributed by atoms with Gasteiger partial charge in [0.25, 0.3) is 5.91 Å². The quantitative estimate of drug-likeness (QED) is 0.823. The lowest BCUT2D eigenvalue weighted by atomic mass is 9.75. The van der Waals surface area contributed by atoms with Gasteiger partial charge in [-0.25, -0.2) is 8.78 Å². The van der Waals surface area contributed by atoms with E-state index in [1.807, 2.05) is 6.07 Å². The Bertz CT molecular complexity index is 852. The van der Waals surface area contributed by atoms with E-state index in [0.717, 1.165) is 31.0 Å². The molecule has 2 heterocycles. The standard InChI is InChI=1S/C21H27F2N3O2/c1-3-5-17-11-19(25(2)24-17)20(28)26-9-4-8-21(13-26,14-27)12-15-6-7-16(22)10-18(15)23/h6-7,10-11,27H,3-5,8-9,12-14H2,1-2H3/t21-/m0/s1. The molecule has 1 saturated heterocycles. The largest absolute Gasteiger partial charge is 0.396 e. The maximum atomic E-state index is 14.1. The molecule has 0 spiro atoms. The summed E-state index contributed by atoms with van der Waals surface area (Å²) < 4.78 is 28.9. The van der Waals surface area contributed by atoms with Gasteiger partial charge in [-0.2, -0.15) is 5.10 Å². The van der Waals surface area contributed by atoms with Gasteiger partial charge in [-0.05, 0) is 43.4 Å². The summed E-state index contributed by atoms with van der Waals surface area (Å²) in [6.07, 6.45) is 3.41. The molecule has 1 aliphatic heterocycles. The highest BCUT2D eigenvalue weighted by atomic mass is 19.1. The van der Waals surface area contributed by atoms with Crippen LogP contribution < -0.4 is 0 Å². The molecule has 28 heavy (non-hydrogen) atoms. The van der Waals surface area contributed by atoms with Crippen LogP contribution in [0.25, 0.3) is 0 Å². The van der Waals surface area contributed by atoms with Crippen molar-refractivity contribution in [3.8, 4) is 0 Å². The Morgan fingerprint density at radius 3 is 2.79 bits per heavy atom. The highest BCUT2D eigenvalue weighted by molar-refractivity contribution is 5.92. The fourth-order valence-corrected chi connectivity index (χ4v) is 4.05. The molecule has 0 aliphatic carbocycles. The van der Waals surface area contributed by atoms with Crippen molar-refractivity contribution in [1.29, 1.82) is 0 Å². The number of nitrogens with zero attached hydrogens (tertiary/aromatic N) is 3. The molecule has 0 unspecified atom stereocenters. The van der Waals surface area contributed by atoms with Crippen LogP contribution in [0.15, 0.2) is 24.3 Å². The van der Waals surface area contributed by atoms with Gasteiger partial charge in [0.05, 0.1) is 12.3 Å². The Morgan fingerprint density at radius 2 is 2.11 bits per heavy atom. The van der Waals surface area contributed by atoms with Crippen LogP contribution in [0.3, 0.4) is 0 Å². The molecular formula is C21H27F2N3O2. The summed E-state index contributed by atoms with van der Waals surface area (Å²) in [6, 6.07) is 5.32. The number of benzene rings is 1. The van der Waals surface area contributed by atoms with Crippen molar-refractivity contribution < 1.29 is 18.7 Å². The van der Waals surface area contributed by atoms with Crippen molar-refractivity contribution in [3.63, 3.8) is 0 Å². The van der Waals surface area contributed by atoms with Crippen LogP contribution >= 0.6 is 0 Å². The molecule has 0 bridgehead atoms. The van der Waals surface area contributed by atoms with E-state index in [-0.39, 0.29) is 18.9 Å². The number of carbonyl (C=O) groups excluding carboxylic acids is 1. The van der Waals surface area contributed by atoms with Gasteiger partial charge in [0.1, 0.15) is 17.3 Å². The van der Waals surface area contributed by atoms with Gasteiger partial charge in [0.2, 0.25) is 0 Å². The third-order valence-corrected chi connectivity index (χ3v) is 5.52. The maximum Gasteiger partial charge on any atom is 0.272 e. The van der Waals surface area contributed by atoms with Gasteiger partial charge in [-0.1, -0.05) is 19.4 Å². The third-order valence-electron chi connectivity index (χ3n) is 5.52. The average Bonchev–Trinajstić information content (AvgIpc) is 3.04. The lowest BCUT2D eigenvalue weighted by molar-refractivity contribution is 0.0261. The zero-order chi connectivity index (χ0) is 20.3. The third kappa shape index (κ3) is 4.24. The number of aromatic nitrogens is 2. The van der Waals surface area contributed by atoms with Crippen LogP contribution in [0.4, 0.5) is 8.78 Å². The maximum absolute atomic E-state index is 14.1. The smallest absolute Gasteiger partial charge is 0.272 e. The monoisotopic (exact) mass is 391 g/mol. The van der Waals surface area contributed by atoms with Crippen LogP contribution in [-0.2, 0) is 19.9 Å². The first-order chi connectivity index (χ1) is 13.4.